The SMILES string of the molecule is Cc1ccc(S(=O)(=O)N2C[C@@H](O)[C@H](O)[C@@H](C(F)F)C2)cc1. The number of aryl methyl sites for hydroxylation is 1. The molecule has 118 valence electrons. The van der Waals surface area contributed by atoms with E-state index in [2.05, 4.69) is 0 Å². The maximum atomic E-state index is 12.9. The monoisotopic (exact) mass is 321 g/mol. The average molecular weight is 321 g/mol. The normalized spacial score (nSPS) is 28.0. The number of benzene rings is 1. The van der Waals surface area contributed by atoms with Crippen LogP contribution in [0.15, 0.2) is 29.2 Å². The second-order valence-electron chi connectivity index (χ2n) is 5.19. The lowest BCUT2D eigenvalue weighted by Crippen LogP contribution is -2.55. The largest absolute Gasteiger partial charge is 0.390 e. The molecule has 5 nitrogen and oxygen atoms in total. The summed E-state index contributed by atoms with van der Waals surface area (Å²) in [6.45, 7) is 0.872. The summed E-state index contributed by atoms with van der Waals surface area (Å²) in [4.78, 5) is -0.0234. The number of rotatable bonds is 3. The van der Waals surface area contributed by atoms with E-state index in [4.69, 9.17) is 0 Å². The van der Waals surface area contributed by atoms with Crippen molar-refractivity contribution in [2.24, 2.45) is 5.92 Å². The van der Waals surface area contributed by atoms with E-state index in [9.17, 15) is 27.4 Å². The van der Waals surface area contributed by atoms with Gasteiger partial charge in [-0.25, -0.2) is 17.2 Å². The van der Waals surface area contributed by atoms with E-state index in [1.165, 1.54) is 12.1 Å². The van der Waals surface area contributed by atoms with Crippen LogP contribution in [0.3, 0.4) is 0 Å². The van der Waals surface area contributed by atoms with Gasteiger partial charge in [0.25, 0.3) is 0 Å². The van der Waals surface area contributed by atoms with Crippen molar-refractivity contribution in [2.75, 3.05) is 13.1 Å². The number of alkyl halides is 2. The van der Waals surface area contributed by atoms with Crippen molar-refractivity contribution in [2.45, 2.75) is 30.5 Å². The molecular weight excluding hydrogens is 304 g/mol. The smallest absolute Gasteiger partial charge is 0.245 e. The lowest BCUT2D eigenvalue weighted by molar-refractivity contribution is -0.101. The minimum Gasteiger partial charge on any atom is -0.390 e. The molecule has 8 heteroatoms. The Labute approximate surface area is 121 Å². The molecule has 0 saturated carbocycles. The molecule has 0 unspecified atom stereocenters. The Bertz CT molecular complexity index is 591. The van der Waals surface area contributed by atoms with Gasteiger partial charge in [0, 0.05) is 13.1 Å². The number of piperidine rings is 1. The molecule has 1 heterocycles. The number of β-amino-alcohol motifs (C(OH)–C–C–N with tert-alkyl or cyclic N) is 1. The standard InChI is InChI=1S/C13H17F2NO4S/c1-8-2-4-9(5-3-8)21(19,20)16-6-10(13(14)15)12(18)11(17)7-16/h2-5,10-13,17-18H,6-7H2,1H3/t10-,11+,12+/m0/s1. The van der Waals surface area contributed by atoms with Crippen molar-refractivity contribution in [3.63, 3.8) is 0 Å². The minimum atomic E-state index is -3.97. The van der Waals surface area contributed by atoms with Gasteiger partial charge in [-0.1, -0.05) is 17.7 Å². The zero-order valence-electron chi connectivity index (χ0n) is 11.4. The molecule has 0 radical (unpaired) electrons. The van der Waals surface area contributed by atoms with Gasteiger partial charge in [-0.2, -0.15) is 4.31 Å². The fourth-order valence-electron chi connectivity index (χ4n) is 2.30. The predicted octanol–water partition coefficient (Wildman–Crippen LogP) is 0.602. The van der Waals surface area contributed by atoms with E-state index >= 15 is 0 Å². The summed E-state index contributed by atoms with van der Waals surface area (Å²) in [5, 5.41) is 19.2. The number of aliphatic hydroxyl groups is 2. The van der Waals surface area contributed by atoms with Crippen LogP contribution in [0.4, 0.5) is 8.78 Å². The molecule has 2 rings (SSSR count). The van der Waals surface area contributed by atoms with Crippen molar-refractivity contribution >= 4 is 10.0 Å². The molecule has 1 aliphatic rings. The fraction of sp³-hybridized carbons (Fsp3) is 0.538. The maximum Gasteiger partial charge on any atom is 0.245 e. The van der Waals surface area contributed by atoms with Gasteiger partial charge in [-0.15, -0.1) is 0 Å². The summed E-state index contributed by atoms with van der Waals surface area (Å²) in [6, 6.07) is 5.98. The van der Waals surface area contributed by atoms with E-state index in [0.717, 1.165) is 9.87 Å². The maximum absolute atomic E-state index is 12.9. The zero-order chi connectivity index (χ0) is 15.8. The van der Waals surface area contributed by atoms with Crippen LogP contribution < -0.4 is 0 Å². The minimum absolute atomic E-state index is 0.0234. The van der Waals surface area contributed by atoms with E-state index in [1.54, 1.807) is 19.1 Å². The van der Waals surface area contributed by atoms with Crippen LogP contribution in [0.25, 0.3) is 0 Å². The Kier molecular flexibility index (Phi) is 4.62. The Morgan fingerprint density at radius 1 is 1.19 bits per heavy atom. The average Bonchev–Trinajstić information content (AvgIpc) is 2.41. The van der Waals surface area contributed by atoms with Crippen LogP contribution in [0.5, 0.6) is 0 Å². The molecule has 2 N–H and O–H groups in total. The van der Waals surface area contributed by atoms with Crippen LogP contribution >= 0.6 is 0 Å². The molecule has 1 fully saturated rings. The number of sulfonamides is 1. The molecule has 0 aromatic heterocycles. The van der Waals surface area contributed by atoms with Crippen molar-refractivity contribution in [1.82, 2.24) is 4.31 Å². The van der Waals surface area contributed by atoms with Crippen molar-refractivity contribution in [3.05, 3.63) is 29.8 Å². The van der Waals surface area contributed by atoms with Crippen molar-refractivity contribution in [1.29, 1.82) is 0 Å². The van der Waals surface area contributed by atoms with Gasteiger partial charge in [0.1, 0.15) is 0 Å². The zero-order valence-corrected chi connectivity index (χ0v) is 12.2. The van der Waals surface area contributed by atoms with Gasteiger partial charge < -0.3 is 10.2 Å². The first-order chi connectivity index (χ1) is 9.73. The number of hydrogen-bond donors (Lipinski definition) is 2. The van der Waals surface area contributed by atoms with Gasteiger partial charge in [-0.05, 0) is 19.1 Å². The summed E-state index contributed by atoms with van der Waals surface area (Å²) in [7, 11) is -3.97. The molecule has 1 aromatic carbocycles. The first-order valence-corrected chi connectivity index (χ1v) is 7.88. The summed E-state index contributed by atoms with van der Waals surface area (Å²) in [6.07, 6.45) is -6.07. The Balaban J connectivity index is 2.30. The molecule has 0 bridgehead atoms. The molecule has 3 atom stereocenters. The molecular formula is C13H17F2NO4S. The molecule has 1 saturated heterocycles. The summed E-state index contributed by atoms with van der Waals surface area (Å²) >= 11 is 0. The highest BCUT2D eigenvalue weighted by Crippen LogP contribution is 2.28. The highest BCUT2D eigenvalue weighted by atomic mass is 32.2. The fourth-order valence-corrected chi connectivity index (χ4v) is 3.80. The van der Waals surface area contributed by atoms with Gasteiger partial charge in [-0.3, -0.25) is 0 Å². The lowest BCUT2D eigenvalue weighted by atomic mass is 9.94. The van der Waals surface area contributed by atoms with Gasteiger partial charge in [0.2, 0.25) is 16.4 Å². The lowest BCUT2D eigenvalue weighted by Gasteiger charge is -2.38. The van der Waals surface area contributed by atoms with Gasteiger partial charge in [0.15, 0.2) is 0 Å². The molecule has 0 aliphatic carbocycles. The molecule has 1 aromatic rings. The van der Waals surface area contributed by atoms with E-state index in [0.29, 0.717) is 0 Å². The van der Waals surface area contributed by atoms with Crippen LogP contribution in [-0.2, 0) is 10.0 Å². The Morgan fingerprint density at radius 3 is 2.29 bits per heavy atom. The van der Waals surface area contributed by atoms with Gasteiger partial charge >= 0.3 is 0 Å². The van der Waals surface area contributed by atoms with Crippen molar-refractivity contribution < 1.29 is 27.4 Å². The predicted molar refractivity (Wildman–Crippen MR) is 71.4 cm³/mol. The van der Waals surface area contributed by atoms with Crippen LogP contribution in [0.2, 0.25) is 0 Å². The highest BCUT2D eigenvalue weighted by molar-refractivity contribution is 7.89. The van der Waals surface area contributed by atoms with Crippen LogP contribution in [0.1, 0.15) is 5.56 Å². The van der Waals surface area contributed by atoms with Crippen LogP contribution in [-0.4, -0.2) is 54.7 Å². The number of halogens is 2. The highest BCUT2D eigenvalue weighted by Gasteiger charge is 2.43. The molecule has 0 amide bonds. The molecule has 1 aliphatic heterocycles. The van der Waals surface area contributed by atoms with Gasteiger partial charge in [0.05, 0.1) is 23.0 Å². The second kappa shape index (κ2) is 5.96. The number of aliphatic hydroxyl groups excluding tert-OH is 2. The summed E-state index contributed by atoms with van der Waals surface area (Å²) in [5.41, 5.74) is 0.869. The Hall–Kier alpha value is -1.09. The van der Waals surface area contributed by atoms with E-state index < -0.39 is 47.7 Å². The first kappa shape index (κ1) is 16.3. The topological polar surface area (TPSA) is 77.8 Å². The molecule has 0 spiro atoms. The first-order valence-electron chi connectivity index (χ1n) is 6.44. The summed E-state index contributed by atoms with van der Waals surface area (Å²) in [5.74, 6) is -1.60. The Morgan fingerprint density at radius 2 is 1.76 bits per heavy atom. The third-order valence-electron chi connectivity index (χ3n) is 3.62. The van der Waals surface area contributed by atoms with E-state index in [-0.39, 0.29) is 4.90 Å². The van der Waals surface area contributed by atoms with Crippen LogP contribution in [0, 0.1) is 12.8 Å². The quantitative estimate of drug-likeness (QED) is 0.855. The number of hydrogen-bond acceptors (Lipinski definition) is 4. The summed E-state index contributed by atoms with van der Waals surface area (Å²) < 4.78 is 51.3. The third-order valence-corrected chi connectivity index (χ3v) is 5.47. The van der Waals surface area contributed by atoms with E-state index in [1.807, 2.05) is 0 Å². The third kappa shape index (κ3) is 3.23. The van der Waals surface area contributed by atoms with Crippen molar-refractivity contribution in [3.8, 4) is 0 Å². The molecule has 21 heavy (non-hydrogen) atoms. The second-order valence-corrected chi connectivity index (χ2v) is 7.13. The number of nitrogens with zero attached hydrogens (tertiary/aromatic N) is 1.